The van der Waals surface area contributed by atoms with Gasteiger partial charge in [0.05, 0.1) is 10.6 Å². The Morgan fingerprint density at radius 3 is 2.31 bits per heavy atom. The van der Waals surface area contributed by atoms with E-state index >= 15 is 0 Å². The number of carbonyl (C=O) groups is 2. The molecule has 3 rings (SSSR count). The van der Waals surface area contributed by atoms with Gasteiger partial charge in [-0.2, -0.15) is 4.31 Å². The number of anilines is 1. The zero-order chi connectivity index (χ0) is 23.1. The smallest absolute Gasteiger partial charge is 0.338 e. The van der Waals surface area contributed by atoms with Gasteiger partial charge in [0.2, 0.25) is 10.0 Å². The highest BCUT2D eigenvalue weighted by Gasteiger charge is 2.28. The number of nitrogens with zero attached hydrogens (tertiary/aromatic N) is 2. The molecule has 1 fully saturated rings. The molecule has 1 saturated heterocycles. The first-order chi connectivity index (χ1) is 15.3. The second-order valence-corrected chi connectivity index (χ2v) is 9.83. The Labute approximate surface area is 194 Å². The zero-order valence-electron chi connectivity index (χ0n) is 18.0. The third kappa shape index (κ3) is 5.68. The molecule has 0 atom stereocenters. The van der Waals surface area contributed by atoms with E-state index in [1.807, 2.05) is 25.1 Å². The molecular formula is C23H27ClN2O5S. The normalized spacial score (nSPS) is 15.1. The molecule has 0 saturated carbocycles. The lowest BCUT2D eigenvalue weighted by Gasteiger charge is -2.21. The predicted molar refractivity (Wildman–Crippen MR) is 123 cm³/mol. The van der Waals surface area contributed by atoms with E-state index in [4.69, 9.17) is 16.3 Å². The summed E-state index contributed by atoms with van der Waals surface area (Å²) < 4.78 is 32.8. The molecule has 1 heterocycles. The minimum Gasteiger partial charge on any atom is -0.452 e. The summed E-state index contributed by atoms with van der Waals surface area (Å²) in [5.41, 5.74) is 0.728. The number of hydrogen-bond acceptors (Lipinski definition) is 5. The maximum absolute atomic E-state index is 13.1. The first-order valence-corrected chi connectivity index (χ1v) is 12.5. The van der Waals surface area contributed by atoms with Crippen molar-refractivity contribution in [2.75, 3.05) is 31.1 Å². The van der Waals surface area contributed by atoms with Crippen molar-refractivity contribution in [2.24, 2.45) is 0 Å². The molecule has 0 bridgehead atoms. The molecule has 0 N–H and O–H groups in total. The highest BCUT2D eigenvalue weighted by Crippen LogP contribution is 2.28. The topological polar surface area (TPSA) is 84.0 Å². The lowest BCUT2D eigenvalue weighted by Crippen LogP contribution is -2.34. The van der Waals surface area contributed by atoms with Crippen molar-refractivity contribution in [1.29, 1.82) is 0 Å². The van der Waals surface area contributed by atoms with Crippen LogP contribution in [0.5, 0.6) is 0 Å². The molecular weight excluding hydrogens is 452 g/mol. The average Bonchev–Trinajstić information content (AvgIpc) is 3.09. The van der Waals surface area contributed by atoms with Crippen LogP contribution in [0.2, 0.25) is 5.02 Å². The van der Waals surface area contributed by atoms with E-state index in [1.54, 1.807) is 12.1 Å². The molecule has 7 nitrogen and oxygen atoms in total. The van der Waals surface area contributed by atoms with E-state index in [2.05, 4.69) is 0 Å². The first kappa shape index (κ1) is 24.2. The van der Waals surface area contributed by atoms with Gasteiger partial charge in [0, 0.05) is 25.3 Å². The van der Waals surface area contributed by atoms with Crippen molar-refractivity contribution in [3.05, 3.63) is 59.1 Å². The number of carbonyl (C=O) groups excluding carboxylic acids is 2. The molecule has 0 aromatic heterocycles. The van der Waals surface area contributed by atoms with Gasteiger partial charge < -0.3 is 9.64 Å². The largest absolute Gasteiger partial charge is 0.452 e. The van der Waals surface area contributed by atoms with Gasteiger partial charge in [-0.1, -0.05) is 42.6 Å². The summed E-state index contributed by atoms with van der Waals surface area (Å²) >= 11 is 6.18. The fourth-order valence-corrected chi connectivity index (χ4v) is 5.67. The molecule has 1 aliphatic heterocycles. The number of amides is 1. The number of rotatable bonds is 7. The average molecular weight is 479 g/mol. The van der Waals surface area contributed by atoms with Gasteiger partial charge in [0.15, 0.2) is 6.61 Å². The molecule has 0 spiro atoms. The van der Waals surface area contributed by atoms with Crippen LogP contribution in [0.25, 0.3) is 0 Å². The number of benzene rings is 2. The Bertz CT molecular complexity index is 1050. The Kier molecular flexibility index (Phi) is 8.28. The minimum atomic E-state index is -3.84. The van der Waals surface area contributed by atoms with E-state index in [-0.39, 0.29) is 21.4 Å². The Balaban J connectivity index is 1.73. The summed E-state index contributed by atoms with van der Waals surface area (Å²) in [4.78, 5) is 26.5. The number of halogens is 1. The van der Waals surface area contributed by atoms with Crippen LogP contribution in [0.15, 0.2) is 53.4 Å². The Hall–Kier alpha value is -2.42. The van der Waals surface area contributed by atoms with Crippen LogP contribution in [-0.4, -0.2) is 50.8 Å². The van der Waals surface area contributed by atoms with Crippen LogP contribution in [0.4, 0.5) is 5.69 Å². The molecule has 1 aliphatic rings. The molecule has 1 amide bonds. The number of sulfonamides is 1. The number of para-hydroxylation sites is 1. The summed E-state index contributed by atoms with van der Waals surface area (Å²) in [5, 5.41) is 0.0445. The number of ether oxygens (including phenoxy) is 1. The summed E-state index contributed by atoms with van der Waals surface area (Å²) in [5.74, 6) is -1.16. The second-order valence-electron chi connectivity index (χ2n) is 7.51. The zero-order valence-corrected chi connectivity index (χ0v) is 19.6. The maximum Gasteiger partial charge on any atom is 0.338 e. The third-order valence-electron chi connectivity index (χ3n) is 5.36. The molecule has 0 aliphatic carbocycles. The lowest BCUT2D eigenvalue weighted by atomic mass is 10.2. The molecule has 2 aromatic rings. The fourth-order valence-electron chi connectivity index (χ4n) is 3.65. The van der Waals surface area contributed by atoms with Crippen LogP contribution >= 0.6 is 11.6 Å². The Morgan fingerprint density at radius 1 is 1.03 bits per heavy atom. The van der Waals surface area contributed by atoms with E-state index in [9.17, 15) is 18.0 Å². The molecule has 32 heavy (non-hydrogen) atoms. The Morgan fingerprint density at radius 2 is 1.69 bits per heavy atom. The van der Waals surface area contributed by atoms with Crippen LogP contribution < -0.4 is 4.90 Å². The van der Waals surface area contributed by atoms with Crippen LogP contribution in [0, 0.1) is 0 Å². The highest BCUT2D eigenvalue weighted by atomic mass is 35.5. The summed E-state index contributed by atoms with van der Waals surface area (Å²) in [6.07, 6.45) is 3.54. The van der Waals surface area contributed by atoms with E-state index < -0.39 is 22.6 Å². The fraction of sp³-hybridized carbons (Fsp3) is 0.391. The van der Waals surface area contributed by atoms with Crippen molar-refractivity contribution in [3.63, 3.8) is 0 Å². The quantitative estimate of drug-likeness (QED) is 0.559. The van der Waals surface area contributed by atoms with E-state index in [0.717, 1.165) is 25.7 Å². The van der Waals surface area contributed by atoms with Gasteiger partial charge >= 0.3 is 5.97 Å². The van der Waals surface area contributed by atoms with E-state index in [0.29, 0.717) is 25.3 Å². The van der Waals surface area contributed by atoms with Crippen LogP contribution in [-0.2, 0) is 19.6 Å². The molecule has 2 aromatic carbocycles. The first-order valence-electron chi connectivity index (χ1n) is 10.7. The molecule has 0 unspecified atom stereocenters. The predicted octanol–water partition coefficient (Wildman–Crippen LogP) is 4.11. The molecule has 9 heteroatoms. The summed E-state index contributed by atoms with van der Waals surface area (Å²) in [7, 11) is -3.84. The molecule has 0 radical (unpaired) electrons. The van der Waals surface area contributed by atoms with Crippen molar-refractivity contribution in [2.45, 2.75) is 37.5 Å². The van der Waals surface area contributed by atoms with E-state index in [1.165, 1.54) is 27.4 Å². The minimum absolute atomic E-state index is 0.0263. The van der Waals surface area contributed by atoms with Crippen LogP contribution in [0.1, 0.15) is 43.0 Å². The van der Waals surface area contributed by atoms with Crippen molar-refractivity contribution in [1.82, 2.24) is 4.31 Å². The van der Waals surface area contributed by atoms with Gasteiger partial charge in [0.1, 0.15) is 4.90 Å². The third-order valence-corrected chi connectivity index (χ3v) is 7.74. The summed E-state index contributed by atoms with van der Waals surface area (Å²) in [6.45, 7) is 2.63. The number of esters is 1. The van der Waals surface area contributed by atoms with Crippen molar-refractivity contribution in [3.8, 4) is 0 Å². The number of hydrogen-bond donors (Lipinski definition) is 0. The summed E-state index contributed by atoms with van der Waals surface area (Å²) in [6, 6.07) is 13.1. The molecule has 172 valence electrons. The van der Waals surface area contributed by atoms with Crippen molar-refractivity contribution >= 4 is 39.2 Å². The maximum atomic E-state index is 13.1. The van der Waals surface area contributed by atoms with Gasteiger partial charge in [0.25, 0.3) is 5.91 Å². The standard InChI is InChI=1S/C23H27ClN2O5S/c1-2-26(19-10-6-5-7-11-19)22(27)17-31-23(28)18-12-13-20(24)21(16-18)32(29,30)25-14-8-3-4-9-15-25/h5-7,10-13,16H,2-4,8-9,14-15,17H2,1H3. The lowest BCUT2D eigenvalue weighted by molar-refractivity contribution is -0.121. The monoisotopic (exact) mass is 478 g/mol. The SMILES string of the molecule is CCN(C(=O)COC(=O)c1ccc(Cl)c(S(=O)(=O)N2CCCCCC2)c1)c1ccccc1. The van der Waals surface area contributed by atoms with Gasteiger partial charge in [-0.3, -0.25) is 4.79 Å². The second kappa shape index (κ2) is 10.9. The number of likely N-dealkylation sites (N-methyl/N-ethyl adjacent to an activating group) is 1. The van der Waals surface area contributed by atoms with Gasteiger partial charge in [-0.05, 0) is 50.1 Å². The van der Waals surface area contributed by atoms with Crippen LogP contribution in [0.3, 0.4) is 0 Å². The highest BCUT2D eigenvalue weighted by molar-refractivity contribution is 7.89. The van der Waals surface area contributed by atoms with Gasteiger partial charge in [-0.25, -0.2) is 13.2 Å². The van der Waals surface area contributed by atoms with Crippen molar-refractivity contribution < 1.29 is 22.7 Å². The van der Waals surface area contributed by atoms with Gasteiger partial charge in [-0.15, -0.1) is 0 Å².